The minimum absolute atomic E-state index is 0.178. The molecule has 1 aromatic heterocycles. The fourth-order valence-corrected chi connectivity index (χ4v) is 2.31. The minimum Gasteiger partial charge on any atom is -0.469 e. The molecule has 0 saturated heterocycles. The molecule has 0 spiro atoms. The van der Waals surface area contributed by atoms with Gasteiger partial charge in [-0.1, -0.05) is 0 Å². The molecule has 0 saturated carbocycles. The molecule has 2 rings (SSSR count). The topological polar surface area (TPSA) is 56.1 Å². The van der Waals surface area contributed by atoms with Gasteiger partial charge in [0.05, 0.1) is 19.2 Å². The second-order valence-electron chi connectivity index (χ2n) is 4.84. The lowest BCUT2D eigenvalue weighted by atomic mass is 9.91. The molecule has 5 nitrogen and oxygen atoms in total. The zero-order valence-electron chi connectivity index (χ0n) is 10.7. The fraction of sp³-hybridized carbons (Fsp3) is 0.667. The van der Waals surface area contributed by atoms with Gasteiger partial charge in [-0.3, -0.25) is 4.79 Å². The number of anilines is 1. The monoisotopic (exact) mass is 237 g/mol. The number of carbonyl (C=O) groups is 1. The molecule has 0 fully saturated rings. The Morgan fingerprint density at radius 3 is 2.94 bits per heavy atom. The maximum absolute atomic E-state index is 11.8. The van der Waals surface area contributed by atoms with E-state index in [1.807, 2.05) is 4.68 Å². The third kappa shape index (κ3) is 2.01. The van der Waals surface area contributed by atoms with Crippen LogP contribution in [0.1, 0.15) is 44.7 Å². The van der Waals surface area contributed by atoms with Gasteiger partial charge in [0.2, 0.25) is 0 Å². The van der Waals surface area contributed by atoms with Crippen molar-refractivity contribution >= 4 is 11.8 Å². The molecule has 94 valence electrons. The van der Waals surface area contributed by atoms with Crippen LogP contribution in [0.5, 0.6) is 0 Å². The number of methoxy groups -OCH3 is 1. The van der Waals surface area contributed by atoms with E-state index in [1.165, 1.54) is 7.11 Å². The number of aromatic nitrogens is 2. The Morgan fingerprint density at radius 2 is 2.35 bits per heavy atom. The molecule has 0 radical (unpaired) electrons. The zero-order chi connectivity index (χ0) is 12.6. The predicted octanol–water partition coefficient (Wildman–Crippen LogP) is 1.92. The summed E-state index contributed by atoms with van der Waals surface area (Å²) >= 11 is 0. The Hall–Kier alpha value is -1.52. The molecule has 2 atom stereocenters. The maximum Gasteiger partial charge on any atom is 0.313 e. The summed E-state index contributed by atoms with van der Waals surface area (Å²) in [6.45, 7) is 6.21. The van der Waals surface area contributed by atoms with E-state index in [9.17, 15) is 4.79 Å². The first kappa shape index (κ1) is 12.0. The van der Waals surface area contributed by atoms with Gasteiger partial charge in [0.15, 0.2) is 0 Å². The van der Waals surface area contributed by atoms with Crippen LogP contribution < -0.4 is 5.32 Å². The van der Waals surface area contributed by atoms with Crippen molar-refractivity contribution in [3.8, 4) is 0 Å². The van der Waals surface area contributed by atoms with Crippen molar-refractivity contribution in [1.82, 2.24) is 9.78 Å². The van der Waals surface area contributed by atoms with Crippen LogP contribution in [-0.2, 0) is 9.53 Å². The number of hydrogen-bond acceptors (Lipinski definition) is 4. The lowest BCUT2D eigenvalue weighted by Gasteiger charge is -2.28. The lowest BCUT2D eigenvalue weighted by Crippen LogP contribution is -2.30. The highest BCUT2D eigenvalue weighted by molar-refractivity contribution is 5.81. The number of hydrogen-bond donors (Lipinski definition) is 1. The molecule has 1 N–H and O–H groups in total. The van der Waals surface area contributed by atoms with E-state index in [0.717, 1.165) is 17.8 Å². The summed E-state index contributed by atoms with van der Waals surface area (Å²) < 4.78 is 6.78. The van der Waals surface area contributed by atoms with Crippen LogP contribution in [0.2, 0.25) is 0 Å². The third-order valence-electron chi connectivity index (χ3n) is 3.15. The second-order valence-corrected chi connectivity index (χ2v) is 4.84. The highest BCUT2D eigenvalue weighted by Gasteiger charge is 2.33. The molecular weight excluding hydrogens is 218 g/mol. The quantitative estimate of drug-likeness (QED) is 0.798. The van der Waals surface area contributed by atoms with Crippen molar-refractivity contribution in [2.75, 3.05) is 12.4 Å². The highest BCUT2D eigenvalue weighted by Crippen LogP contribution is 2.36. The number of ether oxygens (including phenoxy) is 1. The summed E-state index contributed by atoms with van der Waals surface area (Å²) in [5.74, 6) is 0.579. The van der Waals surface area contributed by atoms with E-state index in [0.29, 0.717) is 0 Å². The normalized spacial score (nSPS) is 23.1. The Kier molecular flexibility index (Phi) is 3.09. The predicted molar refractivity (Wildman–Crippen MR) is 65.1 cm³/mol. The Labute approximate surface area is 101 Å². The van der Waals surface area contributed by atoms with Crippen LogP contribution in [0.15, 0.2) is 6.20 Å². The largest absolute Gasteiger partial charge is 0.469 e. The molecule has 0 aliphatic carbocycles. The Balaban J connectivity index is 2.41. The highest BCUT2D eigenvalue weighted by atomic mass is 16.5. The Morgan fingerprint density at radius 1 is 1.65 bits per heavy atom. The minimum atomic E-state index is -0.196. The number of rotatable bonds is 2. The molecule has 17 heavy (non-hydrogen) atoms. The van der Waals surface area contributed by atoms with Crippen molar-refractivity contribution in [2.24, 2.45) is 0 Å². The van der Waals surface area contributed by atoms with Gasteiger partial charge in [0.1, 0.15) is 5.82 Å². The fourth-order valence-electron chi connectivity index (χ4n) is 2.31. The summed E-state index contributed by atoms with van der Waals surface area (Å²) in [6, 6.07) is 0.524. The van der Waals surface area contributed by atoms with Gasteiger partial charge in [-0.15, -0.1) is 0 Å². The van der Waals surface area contributed by atoms with Gasteiger partial charge >= 0.3 is 5.97 Å². The van der Waals surface area contributed by atoms with E-state index in [4.69, 9.17) is 4.74 Å². The SMILES string of the molecule is COC(=O)[C@@H]1C[C@@H](C)Nc2c1cnn2C(C)C. The van der Waals surface area contributed by atoms with Crippen LogP contribution >= 0.6 is 0 Å². The van der Waals surface area contributed by atoms with Crippen LogP contribution in [0, 0.1) is 0 Å². The van der Waals surface area contributed by atoms with Gasteiger partial charge in [-0.25, -0.2) is 4.68 Å². The molecule has 0 unspecified atom stereocenters. The average molecular weight is 237 g/mol. The number of esters is 1. The number of nitrogens with one attached hydrogen (secondary N) is 1. The van der Waals surface area contributed by atoms with Gasteiger partial charge < -0.3 is 10.1 Å². The number of nitrogens with zero attached hydrogens (tertiary/aromatic N) is 2. The molecule has 2 heterocycles. The van der Waals surface area contributed by atoms with E-state index >= 15 is 0 Å². The third-order valence-corrected chi connectivity index (χ3v) is 3.15. The van der Waals surface area contributed by atoms with Crippen molar-refractivity contribution in [1.29, 1.82) is 0 Å². The molecular formula is C12H19N3O2. The molecule has 0 bridgehead atoms. The van der Waals surface area contributed by atoms with Crippen LogP contribution in [0.4, 0.5) is 5.82 Å². The summed E-state index contributed by atoms with van der Waals surface area (Å²) in [4.78, 5) is 11.8. The number of fused-ring (bicyclic) bond motifs is 1. The first-order valence-corrected chi connectivity index (χ1v) is 5.96. The van der Waals surface area contributed by atoms with Gasteiger partial charge in [-0.2, -0.15) is 5.10 Å². The van der Waals surface area contributed by atoms with Gasteiger partial charge in [0, 0.05) is 17.6 Å². The van der Waals surface area contributed by atoms with Gasteiger partial charge in [-0.05, 0) is 27.2 Å². The van der Waals surface area contributed by atoms with Crippen molar-refractivity contribution in [3.05, 3.63) is 11.8 Å². The van der Waals surface area contributed by atoms with Crippen LogP contribution in [0.3, 0.4) is 0 Å². The molecule has 0 amide bonds. The van der Waals surface area contributed by atoms with Crippen LogP contribution in [-0.4, -0.2) is 28.9 Å². The summed E-state index contributed by atoms with van der Waals surface area (Å²) in [7, 11) is 1.43. The van der Waals surface area contributed by atoms with E-state index < -0.39 is 0 Å². The zero-order valence-corrected chi connectivity index (χ0v) is 10.7. The van der Waals surface area contributed by atoms with Gasteiger partial charge in [0.25, 0.3) is 0 Å². The van der Waals surface area contributed by atoms with Crippen LogP contribution in [0.25, 0.3) is 0 Å². The Bertz CT molecular complexity index is 425. The average Bonchev–Trinajstić information content (AvgIpc) is 2.70. The summed E-state index contributed by atoms with van der Waals surface area (Å²) in [5.41, 5.74) is 0.948. The summed E-state index contributed by atoms with van der Waals surface area (Å²) in [5, 5.41) is 7.74. The molecule has 1 aliphatic heterocycles. The number of carbonyl (C=O) groups excluding carboxylic acids is 1. The summed E-state index contributed by atoms with van der Waals surface area (Å²) in [6.07, 6.45) is 2.53. The van der Waals surface area contributed by atoms with E-state index in [2.05, 4.69) is 31.2 Å². The maximum atomic E-state index is 11.8. The second kappa shape index (κ2) is 4.39. The first-order chi connectivity index (χ1) is 8.04. The van der Waals surface area contributed by atoms with Crippen molar-refractivity contribution < 1.29 is 9.53 Å². The van der Waals surface area contributed by atoms with E-state index in [1.54, 1.807) is 6.20 Å². The van der Waals surface area contributed by atoms with Crippen molar-refractivity contribution in [3.63, 3.8) is 0 Å². The van der Waals surface area contributed by atoms with Crippen molar-refractivity contribution in [2.45, 2.75) is 45.2 Å². The molecule has 1 aromatic rings. The molecule has 0 aromatic carbocycles. The lowest BCUT2D eigenvalue weighted by molar-refractivity contribution is -0.142. The smallest absolute Gasteiger partial charge is 0.313 e. The standard InChI is InChI=1S/C12H19N3O2/c1-7(2)15-11-10(6-13-15)9(12(16)17-4)5-8(3)14-11/h6-9,14H,5H2,1-4H3/t8-,9-/m1/s1. The first-order valence-electron chi connectivity index (χ1n) is 5.96. The molecule has 1 aliphatic rings. The van der Waals surface area contributed by atoms with E-state index in [-0.39, 0.29) is 24.0 Å². The molecule has 5 heteroatoms.